The van der Waals surface area contributed by atoms with Gasteiger partial charge < -0.3 is 15.7 Å². The Hall–Kier alpha value is -1.41. The van der Waals surface area contributed by atoms with Gasteiger partial charge in [-0.1, -0.05) is 12.2 Å². The third kappa shape index (κ3) is 4.46. The third-order valence-corrected chi connectivity index (χ3v) is 2.31. The predicted octanol–water partition coefficient (Wildman–Crippen LogP) is 1.08. The molecule has 0 atom stereocenters. The van der Waals surface area contributed by atoms with E-state index in [1.54, 1.807) is 0 Å². The molecule has 0 bridgehead atoms. The van der Waals surface area contributed by atoms with Crippen LogP contribution >= 0.6 is 12.2 Å². The van der Waals surface area contributed by atoms with E-state index in [0.717, 1.165) is 4.90 Å². The summed E-state index contributed by atoms with van der Waals surface area (Å²) in [5.74, 6) is 0. The van der Waals surface area contributed by atoms with Crippen LogP contribution in [0.25, 0.3) is 0 Å². The highest BCUT2D eigenvalue weighted by atomic mass is 32.1. The summed E-state index contributed by atoms with van der Waals surface area (Å²) in [6.45, 7) is -1.69. The first kappa shape index (κ1) is 14.7. The van der Waals surface area contributed by atoms with Crippen LogP contribution in [0.4, 0.5) is 18.9 Å². The summed E-state index contributed by atoms with van der Waals surface area (Å²) in [5, 5.41) is 8.80. The molecule has 1 rings (SSSR count). The number of hydrogen-bond acceptors (Lipinski definition) is 4. The number of anilines is 1. The van der Waals surface area contributed by atoms with Gasteiger partial charge in [-0.15, -0.1) is 0 Å². The van der Waals surface area contributed by atoms with Gasteiger partial charge in [-0.25, -0.2) is 0 Å². The van der Waals surface area contributed by atoms with Crippen molar-refractivity contribution >= 4 is 22.9 Å². The van der Waals surface area contributed by atoms with Crippen molar-refractivity contribution in [2.24, 2.45) is 5.73 Å². The summed E-state index contributed by atoms with van der Waals surface area (Å²) < 4.78 is 37.2. The Morgan fingerprint density at radius 2 is 2.17 bits per heavy atom. The maximum Gasteiger partial charge on any atom is 0.405 e. The number of alkyl halides is 3. The number of nitrogens with zero attached hydrogens (tertiary/aromatic N) is 2. The molecule has 100 valence electrons. The normalized spacial score (nSPS) is 11.3. The fraction of sp³-hybridized carbons (Fsp3) is 0.400. The van der Waals surface area contributed by atoms with Crippen molar-refractivity contribution in [3.05, 3.63) is 24.0 Å². The Kier molecular flexibility index (Phi) is 4.85. The van der Waals surface area contributed by atoms with Gasteiger partial charge in [-0.05, 0) is 12.1 Å². The minimum absolute atomic E-state index is 0.00723. The number of thiocarbonyl (C=S) groups is 1. The molecule has 0 saturated carbocycles. The highest BCUT2D eigenvalue weighted by molar-refractivity contribution is 7.80. The van der Waals surface area contributed by atoms with E-state index in [2.05, 4.69) is 4.98 Å². The van der Waals surface area contributed by atoms with Crippen molar-refractivity contribution < 1.29 is 18.3 Å². The number of rotatable bonds is 5. The number of nitrogens with two attached hydrogens (primary N) is 1. The number of pyridine rings is 1. The molecular formula is C10H12F3N3OS. The molecule has 0 aromatic carbocycles. The Morgan fingerprint density at radius 1 is 1.50 bits per heavy atom. The SMILES string of the molecule is NC(=S)c1cc(N(CCO)CC(F)(F)F)ccn1. The summed E-state index contributed by atoms with van der Waals surface area (Å²) in [5.41, 5.74) is 5.87. The van der Waals surface area contributed by atoms with Crippen LogP contribution in [0.15, 0.2) is 18.3 Å². The van der Waals surface area contributed by atoms with Crippen LogP contribution in [0.1, 0.15) is 5.69 Å². The molecule has 0 saturated heterocycles. The van der Waals surface area contributed by atoms with E-state index in [1.165, 1.54) is 18.3 Å². The molecule has 0 aliphatic carbocycles. The van der Waals surface area contributed by atoms with Crippen molar-refractivity contribution in [3.8, 4) is 0 Å². The zero-order valence-corrected chi connectivity index (χ0v) is 10.1. The smallest absolute Gasteiger partial charge is 0.395 e. The lowest BCUT2D eigenvalue weighted by molar-refractivity contribution is -0.119. The van der Waals surface area contributed by atoms with Crippen LogP contribution < -0.4 is 10.6 Å². The van der Waals surface area contributed by atoms with Gasteiger partial charge in [0, 0.05) is 18.4 Å². The van der Waals surface area contributed by atoms with E-state index < -0.39 is 12.7 Å². The number of aliphatic hydroxyl groups excluding tert-OH is 1. The molecule has 0 unspecified atom stereocenters. The topological polar surface area (TPSA) is 62.4 Å². The number of aliphatic hydroxyl groups is 1. The zero-order valence-electron chi connectivity index (χ0n) is 9.31. The average Bonchev–Trinajstić information content (AvgIpc) is 2.27. The van der Waals surface area contributed by atoms with Crippen LogP contribution in [-0.2, 0) is 0 Å². The molecular weight excluding hydrogens is 267 g/mol. The number of aromatic nitrogens is 1. The molecule has 1 heterocycles. The molecule has 0 spiro atoms. The quantitative estimate of drug-likeness (QED) is 0.790. The molecule has 18 heavy (non-hydrogen) atoms. The lowest BCUT2D eigenvalue weighted by Gasteiger charge is -2.25. The van der Waals surface area contributed by atoms with Crippen molar-refractivity contribution in [1.82, 2.24) is 4.98 Å². The first-order chi connectivity index (χ1) is 8.33. The Morgan fingerprint density at radius 3 is 2.67 bits per heavy atom. The van der Waals surface area contributed by atoms with E-state index in [4.69, 9.17) is 23.1 Å². The summed E-state index contributed by atoms with van der Waals surface area (Å²) in [4.78, 5) is 4.84. The molecule has 0 radical (unpaired) electrons. The third-order valence-electron chi connectivity index (χ3n) is 2.10. The molecule has 0 aliphatic rings. The molecule has 0 aliphatic heterocycles. The molecule has 0 amide bonds. The van der Waals surface area contributed by atoms with Gasteiger partial charge in [0.1, 0.15) is 11.5 Å². The van der Waals surface area contributed by atoms with Gasteiger partial charge in [0.2, 0.25) is 0 Å². The van der Waals surface area contributed by atoms with E-state index in [1.807, 2.05) is 0 Å². The maximum absolute atomic E-state index is 12.4. The Labute approximate surface area is 107 Å². The molecule has 1 aromatic heterocycles. The van der Waals surface area contributed by atoms with Gasteiger partial charge in [0.15, 0.2) is 0 Å². The van der Waals surface area contributed by atoms with Crippen molar-refractivity contribution in [3.63, 3.8) is 0 Å². The second-order valence-electron chi connectivity index (χ2n) is 3.52. The van der Waals surface area contributed by atoms with Gasteiger partial charge >= 0.3 is 6.18 Å². The lowest BCUT2D eigenvalue weighted by Crippen LogP contribution is -2.36. The molecule has 0 fully saturated rings. The number of halogens is 3. The standard InChI is InChI=1S/C10H12F3N3OS/c11-10(12,13)6-16(3-4-17)7-1-2-15-8(5-7)9(14)18/h1-2,5,17H,3-4,6H2,(H2,14,18). The predicted molar refractivity (Wildman–Crippen MR) is 65.5 cm³/mol. The molecule has 3 N–H and O–H groups in total. The minimum Gasteiger partial charge on any atom is -0.395 e. The highest BCUT2D eigenvalue weighted by Gasteiger charge is 2.30. The van der Waals surface area contributed by atoms with Crippen LogP contribution in [0.2, 0.25) is 0 Å². The maximum atomic E-state index is 12.4. The fourth-order valence-electron chi connectivity index (χ4n) is 1.39. The van der Waals surface area contributed by atoms with E-state index >= 15 is 0 Å². The largest absolute Gasteiger partial charge is 0.405 e. The van der Waals surface area contributed by atoms with Crippen LogP contribution in [0.3, 0.4) is 0 Å². The van der Waals surface area contributed by atoms with Crippen molar-refractivity contribution in [2.75, 3.05) is 24.6 Å². The second-order valence-corrected chi connectivity index (χ2v) is 3.96. The van der Waals surface area contributed by atoms with E-state index in [0.29, 0.717) is 0 Å². The van der Waals surface area contributed by atoms with Gasteiger partial charge in [0.05, 0.1) is 12.3 Å². The monoisotopic (exact) mass is 279 g/mol. The zero-order chi connectivity index (χ0) is 13.8. The van der Waals surface area contributed by atoms with Crippen LogP contribution in [-0.4, -0.2) is 41.0 Å². The number of hydrogen-bond donors (Lipinski definition) is 2. The average molecular weight is 279 g/mol. The van der Waals surface area contributed by atoms with Gasteiger partial charge in [0.25, 0.3) is 0 Å². The van der Waals surface area contributed by atoms with Crippen LogP contribution in [0.5, 0.6) is 0 Å². The first-order valence-electron chi connectivity index (χ1n) is 5.02. The summed E-state index contributed by atoms with van der Waals surface area (Å²) >= 11 is 4.71. The van der Waals surface area contributed by atoms with Crippen molar-refractivity contribution in [2.45, 2.75) is 6.18 Å². The van der Waals surface area contributed by atoms with E-state index in [9.17, 15) is 13.2 Å². The van der Waals surface area contributed by atoms with Gasteiger partial charge in [-0.3, -0.25) is 4.98 Å². The summed E-state index contributed by atoms with van der Waals surface area (Å²) in [6, 6.07) is 2.77. The van der Waals surface area contributed by atoms with Crippen LogP contribution in [0, 0.1) is 0 Å². The second kappa shape index (κ2) is 5.96. The Balaban J connectivity index is 2.98. The minimum atomic E-state index is -4.36. The Bertz CT molecular complexity index is 425. The highest BCUT2D eigenvalue weighted by Crippen LogP contribution is 2.22. The van der Waals surface area contributed by atoms with Gasteiger partial charge in [-0.2, -0.15) is 13.2 Å². The lowest BCUT2D eigenvalue weighted by atomic mass is 10.2. The molecule has 1 aromatic rings. The first-order valence-corrected chi connectivity index (χ1v) is 5.43. The molecule has 8 heteroatoms. The fourth-order valence-corrected chi connectivity index (χ4v) is 1.50. The summed E-state index contributed by atoms with van der Waals surface area (Å²) in [7, 11) is 0. The van der Waals surface area contributed by atoms with E-state index in [-0.39, 0.29) is 29.5 Å². The summed E-state index contributed by atoms with van der Waals surface area (Å²) in [6.07, 6.45) is -3.04. The van der Waals surface area contributed by atoms with Crippen molar-refractivity contribution in [1.29, 1.82) is 0 Å². The molecule has 4 nitrogen and oxygen atoms in total.